The minimum Gasteiger partial charge on any atom is -0.453 e. The average molecular weight is 244 g/mol. The van der Waals surface area contributed by atoms with Crippen molar-refractivity contribution >= 4 is 12.0 Å². The maximum atomic E-state index is 11.6. The van der Waals surface area contributed by atoms with Crippen molar-refractivity contribution in [1.29, 1.82) is 0 Å². The zero-order valence-electron chi connectivity index (χ0n) is 10.4. The van der Waals surface area contributed by atoms with Crippen LogP contribution in [0.1, 0.15) is 19.8 Å². The van der Waals surface area contributed by atoms with Crippen LogP contribution in [-0.4, -0.2) is 56.4 Å². The lowest BCUT2D eigenvalue weighted by Gasteiger charge is -2.32. The van der Waals surface area contributed by atoms with E-state index in [1.807, 2.05) is 6.92 Å². The minimum absolute atomic E-state index is 0.0170. The van der Waals surface area contributed by atoms with Crippen LogP contribution in [0, 0.1) is 0 Å². The molecule has 1 rings (SSSR count). The first-order valence-corrected chi connectivity index (χ1v) is 5.87. The molecule has 1 aliphatic heterocycles. The number of hydrogen-bond acceptors (Lipinski definition) is 4. The summed E-state index contributed by atoms with van der Waals surface area (Å²) in [6.45, 7) is 3.86. The highest BCUT2D eigenvalue weighted by atomic mass is 16.5. The van der Waals surface area contributed by atoms with Crippen LogP contribution in [0.25, 0.3) is 0 Å². The van der Waals surface area contributed by atoms with Gasteiger partial charge in [0.25, 0.3) is 0 Å². The molecule has 0 spiro atoms. The van der Waals surface area contributed by atoms with Gasteiger partial charge in [-0.05, 0) is 19.8 Å². The summed E-state index contributed by atoms with van der Waals surface area (Å²) in [5.41, 5.74) is 0. The molecule has 2 amide bonds. The van der Waals surface area contributed by atoms with Crippen LogP contribution < -0.4 is 5.32 Å². The van der Waals surface area contributed by atoms with Gasteiger partial charge in [0.2, 0.25) is 5.91 Å². The van der Waals surface area contributed by atoms with Crippen molar-refractivity contribution in [2.45, 2.75) is 25.8 Å². The fourth-order valence-corrected chi connectivity index (χ4v) is 1.78. The van der Waals surface area contributed by atoms with Gasteiger partial charge in [0, 0.05) is 25.7 Å². The molecule has 1 heterocycles. The van der Waals surface area contributed by atoms with Crippen LogP contribution in [0.4, 0.5) is 4.79 Å². The van der Waals surface area contributed by atoms with E-state index in [-0.39, 0.29) is 18.6 Å². The molecule has 0 bridgehead atoms. The Bertz CT molecular complexity index is 262. The summed E-state index contributed by atoms with van der Waals surface area (Å²) in [6.07, 6.45) is 1.10. The van der Waals surface area contributed by atoms with Gasteiger partial charge < -0.3 is 19.7 Å². The molecule has 0 radical (unpaired) electrons. The van der Waals surface area contributed by atoms with E-state index in [2.05, 4.69) is 10.1 Å². The van der Waals surface area contributed by atoms with Crippen molar-refractivity contribution in [3.63, 3.8) is 0 Å². The molecule has 98 valence electrons. The molecule has 1 fully saturated rings. The number of piperidine rings is 1. The number of alkyl carbamates (subject to hydrolysis) is 1. The predicted octanol–water partition coefficient (Wildman–Crippen LogP) is 0.370. The summed E-state index contributed by atoms with van der Waals surface area (Å²) in [5, 5.41) is 2.74. The molecule has 6 heteroatoms. The summed E-state index contributed by atoms with van der Waals surface area (Å²) in [5.74, 6) is 0.0170. The van der Waals surface area contributed by atoms with Crippen LogP contribution in [0.5, 0.6) is 0 Å². The van der Waals surface area contributed by atoms with E-state index in [0.717, 1.165) is 12.8 Å². The zero-order chi connectivity index (χ0) is 12.7. The number of nitrogens with zero attached hydrogens (tertiary/aromatic N) is 1. The normalized spacial score (nSPS) is 16.7. The second kappa shape index (κ2) is 7.11. The first-order valence-electron chi connectivity index (χ1n) is 5.87. The highest BCUT2D eigenvalue weighted by Crippen LogP contribution is 2.10. The third kappa shape index (κ3) is 4.60. The highest BCUT2D eigenvalue weighted by Gasteiger charge is 2.23. The van der Waals surface area contributed by atoms with Crippen molar-refractivity contribution in [2.75, 3.05) is 33.4 Å². The summed E-state index contributed by atoms with van der Waals surface area (Å²) >= 11 is 0. The Morgan fingerprint density at radius 2 is 2.00 bits per heavy atom. The standard InChI is InChI=1S/C11H20N2O4/c1-3-17-8-10(14)13-6-4-9(5-7-13)12-11(15)16-2/h9H,3-8H2,1-2H3,(H,12,15). The molecule has 0 saturated carbocycles. The summed E-state index contributed by atoms with van der Waals surface area (Å²) in [4.78, 5) is 24.4. The van der Waals surface area contributed by atoms with E-state index in [4.69, 9.17) is 4.74 Å². The quantitative estimate of drug-likeness (QED) is 0.776. The van der Waals surface area contributed by atoms with Crippen molar-refractivity contribution in [3.05, 3.63) is 0 Å². The van der Waals surface area contributed by atoms with Gasteiger partial charge in [-0.2, -0.15) is 0 Å². The largest absolute Gasteiger partial charge is 0.453 e. The minimum atomic E-state index is -0.413. The third-order valence-electron chi connectivity index (χ3n) is 2.78. The maximum absolute atomic E-state index is 11.6. The van der Waals surface area contributed by atoms with Gasteiger partial charge in [-0.1, -0.05) is 0 Å². The number of amides is 2. The van der Waals surface area contributed by atoms with E-state index in [1.54, 1.807) is 4.90 Å². The third-order valence-corrected chi connectivity index (χ3v) is 2.78. The average Bonchev–Trinajstić information content (AvgIpc) is 2.36. The van der Waals surface area contributed by atoms with E-state index >= 15 is 0 Å². The number of likely N-dealkylation sites (tertiary alicyclic amines) is 1. The molecule has 0 aromatic heterocycles. The number of methoxy groups -OCH3 is 1. The lowest BCUT2D eigenvalue weighted by molar-refractivity contribution is -0.137. The molecule has 0 unspecified atom stereocenters. The van der Waals surface area contributed by atoms with Gasteiger partial charge in [-0.15, -0.1) is 0 Å². The Balaban J connectivity index is 2.25. The molecule has 17 heavy (non-hydrogen) atoms. The van der Waals surface area contributed by atoms with Gasteiger partial charge in [-0.25, -0.2) is 4.79 Å². The summed E-state index contributed by atoms with van der Waals surface area (Å²) < 4.78 is 9.61. The highest BCUT2D eigenvalue weighted by molar-refractivity contribution is 5.77. The first-order chi connectivity index (χ1) is 8.17. The number of rotatable bonds is 4. The van der Waals surface area contributed by atoms with E-state index in [1.165, 1.54) is 7.11 Å². The van der Waals surface area contributed by atoms with Crippen LogP contribution in [-0.2, 0) is 14.3 Å². The van der Waals surface area contributed by atoms with Gasteiger partial charge in [-0.3, -0.25) is 4.79 Å². The summed E-state index contributed by atoms with van der Waals surface area (Å²) in [7, 11) is 1.34. The Morgan fingerprint density at radius 3 is 2.53 bits per heavy atom. The van der Waals surface area contributed by atoms with Gasteiger partial charge >= 0.3 is 6.09 Å². The molecule has 0 aromatic carbocycles. The van der Waals surface area contributed by atoms with E-state index in [0.29, 0.717) is 19.7 Å². The molecule has 1 N–H and O–H groups in total. The van der Waals surface area contributed by atoms with Crippen LogP contribution in [0.3, 0.4) is 0 Å². The number of carbonyl (C=O) groups is 2. The Hall–Kier alpha value is -1.30. The first kappa shape index (κ1) is 13.8. The Kier molecular flexibility index (Phi) is 5.76. The zero-order valence-corrected chi connectivity index (χ0v) is 10.4. The molecule has 0 aromatic rings. The molecular formula is C11H20N2O4. The van der Waals surface area contributed by atoms with Gasteiger partial charge in [0.05, 0.1) is 7.11 Å². The maximum Gasteiger partial charge on any atom is 0.407 e. The van der Waals surface area contributed by atoms with Crippen LogP contribution in [0.2, 0.25) is 0 Å². The molecular weight excluding hydrogens is 224 g/mol. The molecule has 1 saturated heterocycles. The Morgan fingerprint density at radius 1 is 1.35 bits per heavy atom. The smallest absolute Gasteiger partial charge is 0.407 e. The van der Waals surface area contributed by atoms with Crippen molar-refractivity contribution in [2.24, 2.45) is 0 Å². The second-order valence-electron chi connectivity index (χ2n) is 3.93. The summed E-state index contributed by atoms with van der Waals surface area (Å²) in [6, 6.07) is 0.0959. The SMILES string of the molecule is CCOCC(=O)N1CCC(NC(=O)OC)CC1. The van der Waals surface area contributed by atoms with Crippen LogP contribution in [0.15, 0.2) is 0 Å². The van der Waals surface area contributed by atoms with Crippen molar-refractivity contribution in [3.8, 4) is 0 Å². The fourth-order valence-electron chi connectivity index (χ4n) is 1.78. The number of carbonyl (C=O) groups excluding carboxylic acids is 2. The van der Waals surface area contributed by atoms with Gasteiger partial charge in [0.15, 0.2) is 0 Å². The van der Waals surface area contributed by atoms with Crippen molar-refractivity contribution < 1.29 is 19.1 Å². The molecule has 0 atom stereocenters. The number of nitrogens with one attached hydrogen (secondary N) is 1. The van der Waals surface area contributed by atoms with Gasteiger partial charge in [0.1, 0.15) is 6.61 Å². The number of hydrogen-bond donors (Lipinski definition) is 1. The fraction of sp³-hybridized carbons (Fsp3) is 0.818. The Labute approximate surface area is 101 Å². The predicted molar refractivity (Wildman–Crippen MR) is 61.6 cm³/mol. The lowest BCUT2D eigenvalue weighted by Crippen LogP contribution is -2.47. The van der Waals surface area contributed by atoms with Crippen molar-refractivity contribution in [1.82, 2.24) is 10.2 Å². The monoisotopic (exact) mass is 244 g/mol. The number of ether oxygens (including phenoxy) is 2. The molecule has 0 aliphatic carbocycles. The molecule has 1 aliphatic rings. The lowest BCUT2D eigenvalue weighted by atomic mass is 10.1. The van der Waals surface area contributed by atoms with E-state index in [9.17, 15) is 9.59 Å². The second-order valence-corrected chi connectivity index (χ2v) is 3.93. The topological polar surface area (TPSA) is 67.9 Å². The molecule has 6 nitrogen and oxygen atoms in total. The van der Waals surface area contributed by atoms with Crippen LogP contribution >= 0.6 is 0 Å². The van der Waals surface area contributed by atoms with E-state index < -0.39 is 6.09 Å².